The van der Waals surface area contributed by atoms with E-state index in [2.05, 4.69) is 13.8 Å². The van der Waals surface area contributed by atoms with Gasteiger partial charge in [-0.1, -0.05) is 32.1 Å². The maximum atomic E-state index is 10.8. The van der Waals surface area contributed by atoms with Gasteiger partial charge in [0.15, 0.2) is 0 Å². The second-order valence-corrected chi connectivity index (χ2v) is 8.36. The third-order valence-electron chi connectivity index (χ3n) is 5.79. The van der Waals surface area contributed by atoms with Gasteiger partial charge in [0.2, 0.25) is 0 Å². The predicted molar refractivity (Wildman–Crippen MR) is 95.7 cm³/mol. The zero-order chi connectivity index (χ0) is 18.0. The van der Waals surface area contributed by atoms with Crippen LogP contribution < -0.4 is 0 Å². The van der Waals surface area contributed by atoms with E-state index < -0.39 is 16.8 Å². The van der Waals surface area contributed by atoms with Gasteiger partial charge in [-0.2, -0.15) is 0 Å². The second-order valence-electron chi connectivity index (χ2n) is 8.36. The van der Waals surface area contributed by atoms with Crippen LogP contribution in [0.1, 0.15) is 66.2 Å². The first-order chi connectivity index (χ1) is 11.1. The molecule has 2 rings (SSSR count). The normalized spacial score (nSPS) is 45.0. The van der Waals surface area contributed by atoms with Crippen LogP contribution in [0.15, 0.2) is 23.8 Å². The highest BCUT2D eigenvalue weighted by Gasteiger charge is 2.47. The standard InChI is InChI=1S/C20H34O4/c1-15(2)20-12-10-18(3,22)9-5-6-16(14-21)7-8-17(24-20)19(4,23)11-13-20/h6,10,12,15,17,21-23H,5,7-9,11,13-14H2,1-4H3/b12-10-,16-6+/t17-,18-,19-,20+/m0/s1. The first-order valence-electron chi connectivity index (χ1n) is 9.22. The minimum absolute atomic E-state index is 0.0160. The minimum atomic E-state index is -0.906. The number of fused-ring (bicyclic) bond motifs is 2. The average Bonchev–Trinajstić information content (AvgIpc) is 2.49. The summed E-state index contributed by atoms with van der Waals surface area (Å²) in [6, 6.07) is 0. The number of aliphatic hydroxyl groups excluding tert-OH is 1. The lowest BCUT2D eigenvalue weighted by atomic mass is 9.75. The van der Waals surface area contributed by atoms with Gasteiger partial charge in [-0.15, -0.1) is 0 Å². The summed E-state index contributed by atoms with van der Waals surface area (Å²) < 4.78 is 6.45. The topological polar surface area (TPSA) is 69.9 Å². The first-order valence-corrected chi connectivity index (χ1v) is 9.22. The molecule has 0 spiro atoms. The molecule has 0 aromatic heterocycles. The summed E-state index contributed by atoms with van der Waals surface area (Å²) in [5.41, 5.74) is -1.27. The summed E-state index contributed by atoms with van der Waals surface area (Å²) in [7, 11) is 0. The van der Waals surface area contributed by atoms with Crippen LogP contribution >= 0.6 is 0 Å². The van der Waals surface area contributed by atoms with E-state index in [0.717, 1.165) is 18.4 Å². The van der Waals surface area contributed by atoms with Crippen molar-refractivity contribution in [3.63, 3.8) is 0 Å². The Hall–Kier alpha value is -0.680. The number of aliphatic hydroxyl groups is 3. The molecular weight excluding hydrogens is 304 g/mol. The van der Waals surface area contributed by atoms with Crippen molar-refractivity contribution in [2.24, 2.45) is 5.92 Å². The number of hydrogen-bond donors (Lipinski definition) is 3. The van der Waals surface area contributed by atoms with E-state index in [0.29, 0.717) is 25.7 Å². The SMILES string of the molecule is CC(C)[C@]12/C=C\[C@@](C)(O)CC/C=C(/CO)CC[C@H](O1)[C@@](C)(O)CC2. The van der Waals surface area contributed by atoms with Crippen molar-refractivity contribution >= 4 is 0 Å². The predicted octanol–water partition coefficient (Wildman–Crippen LogP) is 3.11. The molecule has 2 heterocycles. The van der Waals surface area contributed by atoms with Gasteiger partial charge in [0.1, 0.15) is 0 Å². The smallest absolute Gasteiger partial charge is 0.0892 e. The van der Waals surface area contributed by atoms with E-state index in [9.17, 15) is 15.3 Å². The van der Waals surface area contributed by atoms with E-state index in [1.54, 1.807) is 0 Å². The lowest BCUT2D eigenvalue weighted by Gasteiger charge is -2.49. The Balaban J connectivity index is 2.38. The maximum Gasteiger partial charge on any atom is 0.0892 e. The molecule has 138 valence electrons. The van der Waals surface area contributed by atoms with Crippen LogP contribution in [0.5, 0.6) is 0 Å². The van der Waals surface area contributed by atoms with E-state index in [1.165, 1.54) is 0 Å². The molecule has 4 nitrogen and oxygen atoms in total. The lowest BCUT2D eigenvalue weighted by molar-refractivity contribution is -0.210. The summed E-state index contributed by atoms with van der Waals surface area (Å²) in [6.45, 7) is 7.92. The van der Waals surface area contributed by atoms with Gasteiger partial charge in [0.05, 0.1) is 29.5 Å². The molecule has 1 saturated heterocycles. The second kappa shape index (κ2) is 7.28. The van der Waals surface area contributed by atoms with Crippen molar-refractivity contribution in [1.82, 2.24) is 0 Å². The highest BCUT2D eigenvalue weighted by Crippen LogP contribution is 2.43. The largest absolute Gasteiger partial charge is 0.392 e. The van der Waals surface area contributed by atoms with Crippen molar-refractivity contribution < 1.29 is 20.1 Å². The zero-order valence-electron chi connectivity index (χ0n) is 15.6. The van der Waals surface area contributed by atoms with Gasteiger partial charge in [0, 0.05) is 0 Å². The molecule has 0 unspecified atom stereocenters. The molecule has 1 fully saturated rings. The molecular formula is C20H34O4. The van der Waals surface area contributed by atoms with E-state index in [4.69, 9.17) is 4.74 Å². The van der Waals surface area contributed by atoms with Gasteiger partial charge in [0.25, 0.3) is 0 Å². The molecule has 0 aromatic rings. The third-order valence-corrected chi connectivity index (χ3v) is 5.79. The Bertz CT molecular complexity index is 490. The molecule has 2 aliphatic rings. The summed E-state index contributed by atoms with van der Waals surface area (Å²) in [6.07, 6.45) is 9.76. The summed E-state index contributed by atoms with van der Waals surface area (Å²) in [4.78, 5) is 0. The minimum Gasteiger partial charge on any atom is -0.392 e. The van der Waals surface area contributed by atoms with Crippen molar-refractivity contribution in [3.05, 3.63) is 23.8 Å². The Morgan fingerprint density at radius 1 is 1.17 bits per heavy atom. The van der Waals surface area contributed by atoms with Crippen LogP contribution in [-0.2, 0) is 4.74 Å². The van der Waals surface area contributed by atoms with Crippen molar-refractivity contribution in [3.8, 4) is 0 Å². The summed E-state index contributed by atoms with van der Waals surface area (Å²) in [5.74, 6) is 0.249. The van der Waals surface area contributed by atoms with Gasteiger partial charge < -0.3 is 20.1 Å². The van der Waals surface area contributed by atoms with E-state index in [1.807, 2.05) is 32.1 Å². The molecule has 24 heavy (non-hydrogen) atoms. The quantitative estimate of drug-likeness (QED) is 0.677. The Kier molecular flexibility index (Phi) is 5.96. The van der Waals surface area contributed by atoms with Gasteiger partial charge in [-0.3, -0.25) is 0 Å². The number of allylic oxidation sites excluding steroid dienone is 1. The van der Waals surface area contributed by atoms with Crippen molar-refractivity contribution in [2.75, 3.05) is 6.61 Å². The average molecular weight is 338 g/mol. The Labute approximate surface area is 146 Å². The van der Waals surface area contributed by atoms with Gasteiger partial charge in [-0.25, -0.2) is 0 Å². The number of rotatable bonds is 2. The Morgan fingerprint density at radius 2 is 1.88 bits per heavy atom. The number of ether oxygens (including phenoxy) is 1. The fourth-order valence-corrected chi connectivity index (χ4v) is 3.70. The van der Waals surface area contributed by atoms with Crippen molar-refractivity contribution in [2.45, 2.75) is 89.1 Å². The van der Waals surface area contributed by atoms with E-state index >= 15 is 0 Å². The molecule has 0 aliphatic carbocycles. The van der Waals surface area contributed by atoms with Crippen LogP contribution in [0.4, 0.5) is 0 Å². The van der Waals surface area contributed by atoms with Crippen molar-refractivity contribution in [1.29, 1.82) is 0 Å². The number of hydrogen-bond acceptors (Lipinski definition) is 4. The van der Waals surface area contributed by atoms with Crippen LogP contribution in [0.25, 0.3) is 0 Å². The Morgan fingerprint density at radius 3 is 2.50 bits per heavy atom. The molecule has 0 amide bonds. The van der Waals surface area contributed by atoms with Crippen LogP contribution in [0.3, 0.4) is 0 Å². The highest BCUT2D eigenvalue weighted by atomic mass is 16.5. The molecule has 4 heteroatoms. The fraction of sp³-hybridized carbons (Fsp3) is 0.800. The monoisotopic (exact) mass is 338 g/mol. The molecule has 2 aliphatic heterocycles. The van der Waals surface area contributed by atoms with Crippen LogP contribution in [0, 0.1) is 5.92 Å². The molecule has 0 radical (unpaired) electrons. The molecule has 0 aromatic carbocycles. The maximum absolute atomic E-state index is 10.8. The molecule has 3 N–H and O–H groups in total. The van der Waals surface area contributed by atoms with Gasteiger partial charge >= 0.3 is 0 Å². The van der Waals surface area contributed by atoms with E-state index in [-0.39, 0.29) is 18.6 Å². The fourth-order valence-electron chi connectivity index (χ4n) is 3.70. The summed E-state index contributed by atoms with van der Waals surface area (Å²) in [5, 5.41) is 31.0. The third kappa shape index (κ3) is 4.48. The molecule has 0 saturated carbocycles. The lowest BCUT2D eigenvalue weighted by Crippen LogP contribution is -2.55. The first kappa shape index (κ1) is 19.6. The summed E-state index contributed by atoms with van der Waals surface area (Å²) >= 11 is 0. The molecule has 4 atom stereocenters. The van der Waals surface area contributed by atoms with Gasteiger partial charge in [-0.05, 0) is 63.9 Å². The molecule has 2 bridgehead atoms. The highest BCUT2D eigenvalue weighted by molar-refractivity contribution is 5.15. The van der Waals surface area contributed by atoms with Crippen LogP contribution in [-0.4, -0.2) is 44.8 Å². The zero-order valence-corrected chi connectivity index (χ0v) is 15.6. The van der Waals surface area contributed by atoms with Crippen LogP contribution in [0.2, 0.25) is 0 Å².